The molecule has 1 amide bonds. The fourth-order valence-corrected chi connectivity index (χ4v) is 4.36. The highest BCUT2D eigenvalue weighted by Gasteiger charge is 2.24. The molecule has 0 spiro atoms. The molecule has 0 saturated carbocycles. The lowest BCUT2D eigenvalue weighted by molar-refractivity contribution is 0.0906. The zero-order valence-corrected chi connectivity index (χ0v) is 18.1. The monoisotopic (exact) mass is 404 g/mol. The molecule has 0 bridgehead atoms. The minimum atomic E-state index is -0.0480. The molecule has 0 unspecified atom stereocenters. The number of hydrogen-bond donors (Lipinski definition) is 1. The number of fused-ring (bicyclic) bond motifs is 1. The number of hydrogen-bond acceptors (Lipinski definition) is 3. The molecule has 158 valence electrons. The number of carbonyl (C=O) groups is 1. The number of nitrogens with zero attached hydrogens (tertiary/aromatic N) is 3. The first-order chi connectivity index (χ1) is 14.6. The summed E-state index contributed by atoms with van der Waals surface area (Å²) >= 11 is 0. The fraction of sp³-hybridized carbons (Fsp3) is 0.440. The molecule has 3 aromatic rings. The van der Waals surface area contributed by atoms with Gasteiger partial charge in [0.25, 0.3) is 5.91 Å². The summed E-state index contributed by atoms with van der Waals surface area (Å²) in [5.74, 6) is -0.0480. The summed E-state index contributed by atoms with van der Waals surface area (Å²) in [6.45, 7) is 7.39. The summed E-state index contributed by atoms with van der Waals surface area (Å²) in [5, 5.41) is 8.81. The third-order valence-corrected chi connectivity index (χ3v) is 6.02. The zero-order valence-electron chi connectivity index (χ0n) is 18.1. The predicted molar refractivity (Wildman–Crippen MR) is 122 cm³/mol. The number of nitrogens with one attached hydrogen (secondary N) is 1. The minimum Gasteiger partial charge on any atom is -0.348 e. The van der Waals surface area contributed by atoms with E-state index in [-0.39, 0.29) is 18.0 Å². The molecule has 2 aromatic carbocycles. The van der Waals surface area contributed by atoms with Crippen LogP contribution in [-0.2, 0) is 6.42 Å². The summed E-state index contributed by atoms with van der Waals surface area (Å²) in [5.41, 5.74) is 2.98. The maximum Gasteiger partial charge on any atom is 0.272 e. The van der Waals surface area contributed by atoms with E-state index in [2.05, 4.69) is 59.5 Å². The zero-order chi connectivity index (χ0) is 20.9. The van der Waals surface area contributed by atoms with Crippen LogP contribution in [0.3, 0.4) is 0 Å². The smallest absolute Gasteiger partial charge is 0.272 e. The van der Waals surface area contributed by atoms with Crippen molar-refractivity contribution in [2.75, 3.05) is 19.6 Å². The predicted octanol–water partition coefficient (Wildman–Crippen LogP) is 4.44. The largest absolute Gasteiger partial charge is 0.348 e. The van der Waals surface area contributed by atoms with Crippen molar-refractivity contribution in [2.45, 2.75) is 51.6 Å². The van der Waals surface area contributed by atoms with Crippen molar-refractivity contribution in [1.82, 2.24) is 20.0 Å². The first-order valence-electron chi connectivity index (χ1n) is 11.2. The summed E-state index contributed by atoms with van der Waals surface area (Å²) in [4.78, 5) is 15.5. The van der Waals surface area contributed by atoms with Crippen LogP contribution >= 0.6 is 0 Å². The van der Waals surface area contributed by atoms with E-state index < -0.39 is 0 Å². The molecule has 0 radical (unpaired) electrons. The second kappa shape index (κ2) is 9.43. The number of benzene rings is 2. The van der Waals surface area contributed by atoms with Gasteiger partial charge < -0.3 is 10.2 Å². The summed E-state index contributed by atoms with van der Waals surface area (Å²) in [6, 6.07) is 19.1. The molecule has 1 aromatic heterocycles. The molecule has 0 aliphatic carbocycles. The van der Waals surface area contributed by atoms with Gasteiger partial charge in [-0.15, -0.1) is 0 Å². The van der Waals surface area contributed by atoms with Gasteiger partial charge in [0, 0.05) is 30.6 Å². The number of aryl methyl sites for hydroxylation is 1. The molecule has 1 aliphatic rings. The van der Waals surface area contributed by atoms with Crippen molar-refractivity contribution in [3.63, 3.8) is 0 Å². The maximum atomic E-state index is 13.0. The van der Waals surface area contributed by atoms with Crippen molar-refractivity contribution in [1.29, 1.82) is 0 Å². The van der Waals surface area contributed by atoms with Crippen LogP contribution in [0.25, 0.3) is 10.9 Å². The number of amides is 1. The Morgan fingerprint density at radius 1 is 1.07 bits per heavy atom. The highest BCUT2D eigenvalue weighted by atomic mass is 16.2. The number of rotatable bonds is 7. The van der Waals surface area contributed by atoms with Crippen molar-refractivity contribution in [3.05, 3.63) is 65.9 Å². The number of piperidine rings is 1. The number of aromatic nitrogens is 2. The Morgan fingerprint density at radius 2 is 1.77 bits per heavy atom. The lowest BCUT2D eigenvalue weighted by Gasteiger charge is -2.32. The highest BCUT2D eigenvalue weighted by Crippen LogP contribution is 2.22. The summed E-state index contributed by atoms with van der Waals surface area (Å²) < 4.78 is 1.94. The van der Waals surface area contributed by atoms with Gasteiger partial charge in [0.2, 0.25) is 0 Å². The van der Waals surface area contributed by atoms with Crippen LogP contribution in [-0.4, -0.2) is 46.3 Å². The van der Waals surface area contributed by atoms with Gasteiger partial charge in [0.15, 0.2) is 5.69 Å². The van der Waals surface area contributed by atoms with Crippen molar-refractivity contribution < 1.29 is 4.79 Å². The number of para-hydroxylation sites is 1. The molecular formula is C25H32N4O. The van der Waals surface area contributed by atoms with Crippen LogP contribution in [0.5, 0.6) is 0 Å². The third kappa shape index (κ3) is 4.73. The Morgan fingerprint density at radius 3 is 2.50 bits per heavy atom. The lowest BCUT2D eigenvalue weighted by Crippen LogP contribution is -2.45. The standard InChI is InChI=1S/C25H32N4O/c1-19(2)29-23-13-7-6-12-22(23)24(27-29)25(30)26-21-14-17-28(18-15-21)16-8-11-20-9-4-3-5-10-20/h3-7,9-10,12-13,19,21H,8,11,14-18H2,1-2H3,(H,26,30). The van der Waals surface area contributed by atoms with Gasteiger partial charge in [-0.05, 0) is 57.7 Å². The van der Waals surface area contributed by atoms with Crippen LogP contribution in [0.1, 0.15) is 55.2 Å². The van der Waals surface area contributed by atoms with Gasteiger partial charge in [-0.3, -0.25) is 9.48 Å². The fourth-order valence-electron chi connectivity index (χ4n) is 4.36. The minimum absolute atomic E-state index is 0.0480. The quantitative estimate of drug-likeness (QED) is 0.633. The summed E-state index contributed by atoms with van der Waals surface area (Å²) in [7, 11) is 0. The van der Waals surface area contributed by atoms with E-state index in [1.165, 1.54) is 12.0 Å². The average molecular weight is 405 g/mol. The molecular weight excluding hydrogens is 372 g/mol. The molecule has 1 saturated heterocycles. The Labute approximate surface area is 179 Å². The molecule has 2 heterocycles. The average Bonchev–Trinajstić information content (AvgIpc) is 3.16. The molecule has 5 heteroatoms. The molecule has 1 N–H and O–H groups in total. The Bertz CT molecular complexity index is 971. The molecule has 4 rings (SSSR count). The van der Waals surface area contributed by atoms with Crippen LogP contribution < -0.4 is 5.32 Å². The van der Waals surface area contributed by atoms with Crippen LogP contribution in [0.4, 0.5) is 0 Å². The molecule has 0 atom stereocenters. The van der Waals surface area contributed by atoms with Gasteiger partial charge >= 0.3 is 0 Å². The van der Waals surface area contributed by atoms with E-state index in [0.717, 1.165) is 49.8 Å². The Balaban J connectivity index is 1.29. The van der Waals surface area contributed by atoms with E-state index in [4.69, 9.17) is 0 Å². The van der Waals surface area contributed by atoms with Gasteiger partial charge in [-0.25, -0.2) is 0 Å². The lowest BCUT2D eigenvalue weighted by atomic mass is 10.0. The highest BCUT2D eigenvalue weighted by molar-refractivity contribution is 6.05. The van der Waals surface area contributed by atoms with Crippen LogP contribution in [0, 0.1) is 0 Å². The van der Waals surface area contributed by atoms with Crippen LogP contribution in [0.2, 0.25) is 0 Å². The van der Waals surface area contributed by atoms with Gasteiger partial charge in [0.1, 0.15) is 0 Å². The Kier molecular flexibility index (Phi) is 6.48. The van der Waals surface area contributed by atoms with Crippen molar-refractivity contribution in [2.24, 2.45) is 0 Å². The number of carbonyl (C=O) groups excluding carboxylic acids is 1. The van der Waals surface area contributed by atoms with E-state index in [9.17, 15) is 4.79 Å². The molecule has 1 aliphatic heterocycles. The molecule has 5 nitrogen and oxygen atoms in total. The van der Waals surface area contributed by atoms with E-state index in [1.807, 2.05) is 28.9 Å². The SMILES string of the molecule is CC(C)n1nc(C(=O)NC2CCN(CCCc3ccccc3)CC2)c2ccccc21. The maximum absolute atomic E-state index is 13.0. The van der Waals surface area contributed by atoms with Gasteiger partial charge in [0.05, 0.1) is 5.52 Å². The summed E-state index contributed by atoms with van der Waals surface area (Å²) in [6.07, 6.45) is 4.31. The van der Waals surface area contributed by atoms with Crippen molar-refractivity contribution in [3.8, 4) is 0 Å². The van der Waals surface area contributed by atoms with E-state index >= 15 is 0 Å². The Hall–Kier alpha value is -2.66. The van der Waals surface area contributed by atoms with Crippen LogP contribution in [0.15, 0.2) is 54.6 Å². The third-order valence-electron chi connectivity index (χ3n) is 6.02. The second-order valence-corrected chi connectivity index (χ2v) is 8.58. The normalized spacial score (nSPS) is 15.7. The second-order valence-electron chi connectivity index (χ2n) is 8.58. The van der Waals surface area contributed by atoms with Gasteiger partial charge in [-0.1, -0.05) is 48.5 Å². The first-order valence-corrected chi connectivity index (χ1v) is 11.2. The number of likely N-dealkylation sites (tertiary alicyclic amines) is 1. The van der Waals surface area contributed by atoms with Gasteiger partial charge in [-0.2, -0.15) is 5.10 Å². The van der Waals surface area contributed by atoms with E-state index in [1.54, 1.807) is 0 Å². The van der Waals surface area contributed by atoms with E-state index in [0.29, 0.717) is 5.69 Å². The van der Waals surface area contributed by atoms with Crippen molar-refractivity contribution >= 4 is 16.8 Å². The molecule has 1 fully saturated rings. The topological polar surface area (TPSA) is 50.2 Å². The first kappa shape index (κ1) is 20.6. The molecule has 30 heavy (non-hydrogen) atoms.